The van der Waals surface area contributed by atoms with Crippen LogP contribution in [0.4, 0.5) is 9.18 Å². The van der Waals surface area contributed by atoms with Crippen LogP contribution in [0.5, 0.6) is 5.75 Å². The average molecular weight is 474 g/mol. The standard InChI is InChI=1S/C23H28FN5O5/c1-27(2)22(33)28-11-8-23(9-12-28)21-26-17(18(30)20(32)29(21)10-3-13-34-23)19(31)25-14-15-4-6-16(24)7-5-15/h4-7,30H,3,8-14H2,1-2H3,(H,25,31). The second kappa shape index (κ2) is 9.41. The molecule has 4 rings (SSSR count). The van der Waals surface area contributed by atoms with E-state index >= 15 is 0 Å². The summed E-state index contributed by atoms with van der Waals surface area (Å²) >= 11 is 0. The Morgan fingerprint density at radius 3 is 2.53 bits per heavy atom. The second-order valence-corrected chi connectivity index (χ2v) is 8.76. The van der Waals surface area contributed by atoms with Gasteiger partial charge in [0.1, 0.15) is 17.2 Å². The molecule has 1 fully saturated rings. The van der Waals surface area contributed by atoms with E-state index in [1.165, 1.54) is 33.7 Å². The third-order valence-corrected chi connectivity index (χ3v) is 6.26. The topological polar surface area (TPSA) is 117 Å². The van der Waals surface area contributed by atoms with E-state index in [0.717, 1.165) is 0 Å². The summed E-state index contributed by atoms with van der Waals surface area (Å²) < 4.78 is 20.7. The third-order valence-electron chi connectivity index (χ3n) is 6.26. The fraction of sp³-hybridized carbons (Fsp3) is 0.478. The molecule has 1 aromatic carbocycles. The monoisotopic (exact) mass is 473 g/mol. The van der Waals surface area contributed by atoms with Gasteiger partial charge in [-0.2, -0.15) is 0 Å². The van der Waals surface area contributed by atoms with Crippen LogP contribution in [0.3, 0.4) is 0 Å². The number of hydrogen-bond donors (Lipinski definition) is 2. The summed E-state index contributed by atoms with van der Waals surface area (Å²) in [6, 6.07) is 5.50. The summed E-state index contributed by atoms with van der Waals surface area (Å²) in [7, 11) is 3.37. The van der Waals surface area contributed by atoms with E-state index in [2.05, 4.69) is 10.3 Å². The molecule has 11 heteroatoms. The number of carbonyl (C=O) groups is 2. The van der Waals surface area contributed by atoms with Crippen molar-refractivity contribution in [2.75, 3.05) is 33.8 Å². The van der Waals surface area contributed by atoms with Gasteiger partial charge < -0.3 is 25.0 Å². The van der Waals surface area contributed by atoms with E-state index in [0.29, 0.717) is 51.1 Å². The number of nitrogens with one attached hydrogen (secondary N) is 1. The van der Waals surface area contributed by atoms with Gasteiger partial charge in [-0.1, -0.05) is 12.1 Å². The SMILES string of the molecule is CN(C)C(=O)N1CCC2(CC1)OCCCn1c2nc(C(=O)NCc2ccc(F)cc2)c(O)c1=O. The molecule has 0 saturated carbocycles. The minimum absolute atomic E-state index is 0.0713. The van der Waals surface area contributed by atoms with Gasteiger partial charge in [0, 0.05) is 59.7 Å². The zero-order chi connectivity index (χ0) is 24.5. The average Bonchev–Trinajstić information content (AvgIpc) is 3.00. The molecular formula is C23H28FN5O5. The molecular weight excluding hydrogens is 445 g/mol. The number of nitrogens with zero attached hydrogens (tertiary/aromatic N) is 4. The lowest BCUT2D eigenvalue weighted by molar-refractivity contribution is -0.0870. The summed E-state index contributed by atoms with van der Waals surface area (Å²) in [5.74, 6) is -1.55. The number of rotatable bonds is 3. The van der Waals surface area contributed by atoms with Crippen LogP contribution in [-0.2, 0) is 23.4 Å². The number of likely N-dealkylation sites (tertiary alicyclic amines) is 1. The van der Waals surface area contributed by atoms with Crippen LogP contribution >= 0.6 is 0 Å². The number of amides is 3. The molecule has 34 heavy (non-hydrogen) atoms. The lowest BCUT2D eigenvalue weighted by atomic mass is 9.89. The molecule has 0 unspecified atom stereocenters. The molecule has 1 spiro atoms. The van der Waals surface area contributed by atoms with Crippen molar-refractivity contribution in [2.45, 2.75) is 38.0 Å². The first kappa shape index (κ1) is 23.7. The van der Waals surface area contributed by atoms with Gasteiger partial charge in [-0.15, -0.1) is 0 Å². The lowest BCUT2D eigenvalue weighted by Gasteiger charge is -2.41. The normalized spacial score (nSPS) is 17.1. The molecule has 3 heterocycles. The fourth-order valence-electron chi connectivity index (χ4n) is 4.39. The van der Waals surface area contributed by atoms with Gasteiger partial charge in [-0.05, 0) is 24.1 Å². The molecule has 1 aromatic heterocycles. The molecule has 2 aliphatic heterocycles. The maximum atomic E-state index is 13.1. The molecule has 0 aliphatic carbocycles. The van der Waals surface area contributed by atoms with Crippen LogP contribution in [0, 0.1) is 5.82 Å². The number of hydrogen-bond acceptors (Lipinski definition) is 6. The zero-order valence-corrected chi connectivity index (χ0v) is 19.2. The van der Waals surface area contributed by atoms with E-state index in [-0.39, 0.29) is 24.1 Å². The van der Waals surface area contributed by atoms with Gasteiger partial charge >= 0.3 is 6.03 Å². The molecule has 2 N–H and O–H groups in total. The number of urea groups is 1. The molecule has 0 bridgehead atoms. The fourth-order valence-corrected chi connectivity index (χ4v) is 4.39. The summed E-state index contributed by atoms with van der Waals surface area (Å²) in [6.45, 7) is 1.56. The zero-order valence-electron chi connectivity index (χ0n) is 19.2. The minimum Gasteiger partial charge on any atom is -0.501 e. The Kier molecular flexibility index (Phi) is 6.56. The van der Waals surface area contributed by atoms with Crippen molar-refractivity contribution >= 4 is 11.9 Å². The van der Waals surface area contributed by atoms with Gasteiger partial charge in [0.15, 0.2) is 5.69 Å². The Balaban J connectivity index is 1.63. The molecule has 3 amide bonds. The van der Waals surface area contributed by atoms with Crippen molar-refractivity contribution in [1.82, 2.24) is 24.7 Å². The van der Waals surface area contributed by atoms with Crippen LogP contribution in [0.25, 0.3) is 0 Å². The number of benzene rings is 1. The number of carbonyl (C=O) groups excluding carboxylic acids is 2. The van der Waals surface area contributed by atoms with Gasteiger partial charge in [-0.25, -0.2) is 14.2 Å². The van der Waals surface area contributed by atoms with Gasteiger partial charge in [0.05, 0.1) is 0 Å². The van der Waals surface area contributed by atoms with Crippen molar-refractivity contribution in [1.29, 1.82) is 0 Å². The van der Waals surface area contributed by atoms with Crippen molar-refractivity contribution < 1.29 is 23.8 Å². The number of fused-ring (bicyclic) bond motifs is 2. The molecule has 0 atom stereocenters. The molecule has 0 radical (unpaired) electrons. The molecule has 2 aliphatic rings. The van der Waals surface area contributed by atoms with Gasteiger partial charge in [0.2, 0.25) is 5.75 Å². The first-order chi connectivity index (χ1) is 16.2. The van der Waals surface area contributed by atoms with Crippen LogP contribution in [-0.4, -0.2) is 70.2 Å². The quantitative estimate of drug-likeness (QED) is 0.696. The third kappa shape index (κ3) is 4.47. The van der Waals surface area contributed by atoms with Crippen molar-refractivity contribution in [3.05, 3.63) is 57.5 Å². The summed E-state index contributed by atoms with van der Waals surface area (Å²) in [4.78, 5) is 45.9. The van der Waals surface area contributed by atoms with Crippen LogP contribution in [0.15, 0.2) is 29.1 Å². The Bertz CT molecular complexity index is 1140. The first-order valence-electron chi connectivity index (χ1n) is 11.2. The number of aromatic nitrogens is 2. The lowest BCUT2D eigenvalue weighted by Crippen LogP contribution is -2.50. The Morgan fingerprint density at radius 1 is 1.21 bits per heavy atom. The number of aromatic hydroxyl groups is 1. The molecule has 1 saturated heterocycles. The Hall–Kier alpha value is -3.47. The highest BCUT2D eigenvalue weighted by atomic mass is 19.1. The van der Waals surface area contributed by atoms with Crippen molar-refractivity contribution in [3.63, 3.8) is 0 Å². The molecule has 10 nitrogen and oxygen atoms in total. The van der Waals surface area contributed by atoms with E-state index in [4.69, 9.17) is 4.74 Å². The molecule has 2 aromatic rings. The predicted octanol–water partition coefficient (Wildman–Crippen LogP) is 1.41. The second-order valence-electron chi connectivity index (χ2n) is 8.76. The smallest absolute Gasteiger partial charge is 0.319 e. The van der Waals surface area contributed by atoms with Crippen LogP contribution in [0.1, 0.15) is 41.1 Å². The van der Waals surface area contributed by atoms with E-state index in [1.807, 2.05) is 0 Å². The van der Waals surface area contributed by atoms with E-state index < -0.39 is 28.6 Å². The number of halogens is 1. The minimum atomic E-state index is -0.946. The maximum Gasteiger partial charge on any atom is 0.319 e. The van der Waals surface area contributed by atoms with Crippen molar-refractivity contribution in [3.8, 4) is 5.75 Å². The Labute approximate surface area is 195 Å². The maximum absolute atomic E-state index is 13.1. The number of piperidine rings is 1. The number of ether oxygens (including phenoxy) is 1. The summed E-state index contributed by atoms with van der Waals surface area (Å²) in [5, 5.41) is 13.1. The summed E-state index contributed by atoms with van der Waals surface area (Å²) in [6.07, 6.45) is 1.35. The largest absolute Gasteiger partial charge is 0.501 e. The highest BCUT2D eigenvalue weighted by Crippen LogP contribution is 2.38. The van der Waals surface area contributed by atoms with E-state index in [9.17, 15) is 23.9 Å². The highest BCUT2D eigenvalue weighted by molar-refractivity contribution is 5.94. The van der Waals surface area contributed by atoms with Crippen LogP contribution in [0.2, 0.25) is 0 Å². The van der Waals surface area contributed by atoms with Crippen LogP contribution < -0.4 is 10.9 Å². The van der Waals surface area contributed by atoms with Crippen molar-refractivity contribution in [2.24, 2.45) is 0 Å². The molecule has 182 valence electrons. The highest BCUT2D eigenvalue weighted by Gasteiger charge is 2.44. The predicted molar refractivity (Wildman–Crippen MR) is 120 cm³/mol. The van der Waals surface area contributed by atoms with Gasteiger partial charge in [-0.3, -0.25) is 14.2 Å². The van der Waals surface area contributed by atoms with E-state index in [1.54, 1.807) is 19.0 Å². The van der Waals surface area contributed by atoms with Gasteiger partial charge in [0.25, 0.3) is 11.5 Å². The Morgan fingerprint density at radius 2 is 1.88 bits per heavy atom. The first-order valence-corrected chi connectivity index (χ1v) is 11.2. The summed E-state index contributed by atoms with van der Waals surface area (Å²) in [5.41, 5.74) is -1.37.